The van der Waals surface area contributed by atoms with Crippen molar-refractivity contribution in [3.63, 3.8) is 0 Å². The van der Waals surface area contributed by atoms with Gasteiger partial charge in [0.1, 0.15) is 5.70 Å². The van der Waals surface area contributed by atoms with Crippen LogP contribution >= 0.6 is 0 Å². The highest BCUT2D eigenvalue weighted by atomic mass is 32.2. The maximum atomic E-state index is 12.0. The highest BCUT2D eigenvalue weighted by molar-refractivity contribution is 7.90. The molecule has 1 aliphatic heterocycles. The zero-order valence-corrected chi connectivity index (χ0v) is 16.1. The van der Waals surface area contributed by atoms with Gasteiger partial charge in [-0.15, -0.1) is 0 Å². The smallest absolute Gasteiger partial charge is 0.353 e. The molecule has 2 aromatic rings. The topological polar surface area (TPSA) is 90.8 Å². The fourth-order valence-electron chi connectivity index (χ4n) is 3.46. The fourth-order valence-corrected chi connectivity index (χ4v) is 4.09. The van der Waals surface area contributed by atoms with E-state index in [0.29, 0.717) is 17.7 Å². The van der Waals surface area contributed by atoms with Crippen LogP contribution in [0.3, 0.4) is 0 Å². The number of carboxylic acid groups (broad SMARTS) is 1. The standard InChI is InChI=1S/C19H21N3O4S/c1-4-22-17(14-9-11-20-12-10-14)16(18(19(23)24)21(22)2)13-5-7-15(8-6-13)27(3,25)26/h5-12,17H,4H2,1-3H3,(H,23,24). The van der Waals surface area contributed by atoms with Gasteiger partial charge in [0.15, 0.2) is 9.84 Å². The molecule has 1 aromatic heterocycles. The van der Waals surface area contributed by atoms with E-state index < -0.39 is 15.8 Å². The van der Waals surface area contributed by atoms with Crippen molar-refractivity contribution in [3.05, 3.63) is 65.6 Å². The Labute approximate surface area is 158 Å². The lowest BCUT2D eigenvalue weighted by molar-refractivity contribution is -0.136. The predicted molar refractivity (Wildman–Crippen MR) is 101 cm³/mol. The van der Waals surface area contributed by atoms with Crippen molar-refractivity contribution < 1.29 is 18.3 Å². The lowest BCUT2D eigenvalue weighted by Gasteiger charge is -2.31. The van der Waals surface area contributed by atoms with Crippen LogP contribution in [0.1, 0.15) is 24.1 Å². The first-order valence-electron chi connectivity index (χ1n) is 8.43. The van der Waals surface area contributed by atoms with Gasteiger partial charge in [-0.1, -0.05) is 19.1 Å². The van der Waals surface area contributed by atoms with Crippen LogP contribution in [0.5, 0.6) is 0 Å². The molecule has 0 saturated carbocycles. The second-order valence-electron chi connectivity index (χ2n) is 6.33. The van der Waals surface area contributed by atoms with Gasteiger partial charge >= 0.3 is 5.97 Å². The van der Waals surface area contributed by atoms with Gasteiger partial charge in [-0.25, -0.2) is 18.2 Å². The van der Waals surface area contributed by atoms with E-state index in [1.54, 1.807) is 36.6 Å². The Kier molecular flexibility index (Phi) is 5.03. The minimum atomic E-state index is -3.33. The summed E-state index contributed by atoms with van der Waals surface area (Å²) in [6.07, 6.45) is 4.49. The van der Waals surface area contributed by atoms with Gasteiger partial charge in [-0.05, 0) is 35.4 Å². The monoisotopic (exact) mass is 387 g/mol. The number of benzene rings is 1. The van der Waals surface area contributed by atoms with Crippen molar-refractivity contribution in [3.8, 4) is 0 Å². The first-order chi connectivity index (χ1) is 12.8. The van der Waals surface area contributed by atoms with E-state index in [9.17, 15) is 18.3 Å². The second kappa shape index (κ2) is 7.13. The summed E-state index contributed by atoms with van der Waals surface area (Å²) < 4.78 is 23.5. The van der Waals surface area contributed by atoms with Crippen LogP contribution in [-0.2, 0) is 14.6 Å². The van der Waals surface area contributed by atoms with Gasteiger partial charge in [0.2, 0.25) is 0 Å². The summed E-state index contributed by atoms with van der Waals surface area (Å²) in [5.41, 5.74) is 2.38. The third-order valence-electron chi connectivity index (χ3n) is 4.68. The Morgan fingerprint density at radius 1 is 1.15 bits per heavy atom. The number of aliphatic carboxylic acids is 1. The molecule has 1 N–H and O–H groups in total. The zero-order chi connectivity index (χ0) is 19.8. The average molecular weight is 387 g/mol. The number of sulfone groups is 1. The summed E-state index contributed by atoms with van der Waals surface area (Å²) in [6.45, 7) is 2.56. The molecule has 7 nitrogen and oxygen atoms in total. The molecule has 0 aliphatic carbocycles. The van der Waals surface area contributed by atoms with E-state index >= 15 is 0 Å². The highest BCUT2D eigenvalue weighted by Gasteiger charge is 2.40. The Morgan fingerprint density at radius 3 is 2.22 bits per heavy atom. The largest absolute Gasteiger partial charge is 0.477 e. The fraction of sp³-hybridized carbons (Fsp3) is 0.263. The van der Waals surface area contributed by atoms with E-state index in [2.05, 4.69) is 4.98 Å². The van der Waals surface area contributed by atoms with E-state index in [-0.39, 0.29) is 16.6 Å². The van der Waals surface area contributed by atoms with E-state index in [1.807, 2.05) is 24.1 Å². The molecular weight excluding hydrogens is 366 g/mol. The van der Waals surface area contributed by atoms with Crippen LogP contribution in [0.4, 0.5) is 0 Å². The molecular formula is C19H21N3O4S. The number of likely N-dealkylation sites (N-methyl/N-ethyl adjacent to an activating group) is 2. The first-order valence-corrected chi connectivity index (χ1v) is 10.3. The van der Waals surface area contributed by atoms with Crippen LogP contribution in [0.25, 0.3) is 5.57 Å². The Morgan fingerprint density at radius 2 is 1.74 bits per heavy atom. The number of hydrazine groups is 1. The molecule has 3 rings (SSSR count). The molecule has 1 aliphatic rings. The van der Waals surface area contributed by atoms with Crippen LogP contribution in [0.2, 0.25) is 0 Å². The normalized spacial score (nSPS) is 18.2. The molecule has 0 radical (unpaired) electrons. The molecule has 0 spiro atoms. The summed E-state index contributed by atoms with van der Waals surface area (Å²) in [7, 11) is -1.61. The summed E-state index contributed by atoms with van der Waals surface area (Å²) in [5, 5.41) is 13.4. The van der Waals surface area contributed by atoms with Crippen molar-refractivity contribution >= 4 is 21.4 Å². The van der Waals surface area contributed by atoms with Crippen molar-refractivity contribution in [1.82, 2.24) is 15.0 Å². The quantitative estimate of drug-likeness (QED) is 0.841. The van der Waals surface area contributed by atoms with Crippen molar-refractivity contribution in [1.29, 1.82) is 0 Å². The number of rotatable bonds is 5. The molecule has 142 valence electrons. The maximum Gasteiger partial charge on any atom is 0.353 e. The molecule has 27 heavy (non-hydrogen) atoms. The number of carbonyl (C=O) groups is 1. The number of hydrogen-bond acceptors (Lipinski definition) is 6. The average Bonchev–Trinajstić information content (AvgIpc) is 2.94. The maximum absolute atomic E-state index is 12.0. The number of aromatic nitrogens is 1. The Hall–Kier alpha value is -2.71. The van der Waals surface area contributed by atoms with Crippen LogP contribution < -0.4 is 0 Å². The van der Waals surface area contributed by atoms with Gasteiger partial charge in [0.05, 0.1) is 10.9 Å². The highest BCUT2D eigenvalue weighted by Crippen LogP contribution is 2.44. The minimum absolute atomic E-state index is 0.172. The first kappa shape index (κ1) is 19.1. The minimum Gasteiger partial charge on any atom is -0.477 e. The van der Waals surface area contributed by atoms with Crippen LogP contribution in [0, 0.1) is 0 Å². The van der Waals surface area contributed by atoms with Gasteiger partial charge in [-0.3, -0.25) is 4.98 Å². The molecule has 1 atom stereocenters. The molecule has 1 unspecified atom stereocenters. The predicted octanol–water partition coefficient (Wildman–Crippen LogP) is 2.20. The molecule has 2 heterocycles. The zero-order valence-electron chi connectivity index (χ0n) is 15.3. The third-order valence-corrected chi connectivity index (χ3v) is 5.81. The van der Waals surface area contributed by atoms with Gasteiger partial charge in [-0.2, -0.15) is 0 Å². The second-order valence-corrected chi connectivity index (χ2v) is 8.34. The molecule has 8 heteroatoms. The summed E-state index contributed by atoms with van der Waals surface area (Å²) >= 11 is 0. The van der Waals surface area contributed by atoms with Gasteiger partial charge in [0.25, 0.3) is 0 Å². The Bertz CT molecular complexity index is 985. The van der Waals surface area contributed by atoms with Crippen molar-refractivity contribution in [2.75, 3.05) is 19.8 Å². The number of carboxylic acids is 1. The summed E-state index contributed by atoms with van der Waals surface area (Å²) in [4.78, 5) is 16.3. The molecule has 0 amide bonds. The summed E-state index contributed by atoms with van der Waals surface area (Å²) in [6, 6.07) is 9.75. The van der Waals surface area contributed by atoms with Crippen LogP contribution in [-0.4, -0.2) is 54.3 Å². The summed E-state index contributed by atoms with van der Waals surface area (Å²) in [5.74, 6) is -1.03. The van der Waals surface area contributed by atoms with E-state index in [1.165, 1.54) is 12.1 Å². The Balaban J connectivity index is 2.21. The number of hydrogen-bond donors (Lipinski definition) is 1. The SMILES string of the molecule is CCN1C(c2ccncc2)C(c2ccc(S(C)(=O)=O)cc2)=C(C(=O)O)N1C. The molecule has 0 fully saturated rings. The van der Waals surface area contributed by atoms with Crippen LogP contribution in [0.15, 0.2) is 59.4 Å². The van der Waals surface area contributed by atoms with Gasteiger partial charge in [0, 0.05) is 37.8 Å². The molecule has 1 aromatic carbocycles. The molecule has 0 bridgehead atoms. The van der Waals surface area contributed by atoms with Crippen molar-refractivity contribution in [2.24, 2.45) is 0 Å². The van der Waals surface area contributed by atoms with E-state index in [0.717, 1.165) is 11.8 Å². The van der Waals surface area contributed by atoms with E-state index in [4.69, 9.17) is 0 Å². The third kappa shape index (κ3) is 3.45. The van der Waals surface area contributed by atoms with Crippen molar-refractivity contribution in [2.45, 2.75) is 17.9 Å². The van der Waals surface area contributed by atoms with Gasteiger partial charge < -0.3 is 10.1 Å². The molecule has 0 saturated heterocycles. The number of pyridine rings is 1. The lowest BCUT2D eigenvalue weighted by atomic mass is 9.92. The number of nitrogens with zero attached hydrogens (tertiary/aromatic N) is 3. The lowest BCUT2D eigenvalue weighted by Crippen LogP contribution is -2.37.